The van der Waals surface area contributed by atoms with Gasteiger partial charge in [0.1, 0.15) is 5.75 Å². The van der Waals surface area contributed by atoms with Gasteiger partial charge in [-0.3, -0.25) is 19.6 Å². The van der Waals surface area contributed by atoms with Crippen LogP contribution in [0, 0.1) is 10.1 Å². The molecule has 0 aliphatic carbocycles. The van der Waals surface area contributed by atoms with Crippen molar-refractivity contribution in [1.29, 1.82) is 0 Å². The Morgan fingerprint density at radius 1 is 1.31 bits per heavy atom. The molecule has 29 heavy (non-hydrogen) atoms. The second-order valence-corrected chi connectivity index (χ2v) is 6.20. The second kappa shape index (κ2) is 8.65. The molecule has 0 bridgehead atoms. The lowest BCUT2D eigenvalue weighted by Gasteiger charge is -2.11. The van der Waals surface area contributed by atoms with Gasteiger partial charge in [0.05, 0.1) is 28.9 Å². The number of hydrogen-bond donors (Lipinski definition) is 1. The lowest BCUT2D eigenvalue weighted by atomic mass is 10.2. The van der Waals surface area contributed by atoms with Crippen molar-refractivity contribution in [3.05, 3.63) is 81.1 Å². The maximum Gasteiger partial charge on any atom is 0.387 e. The van der Waals surface area contributed by atoms with Crippen LogP contribution in [0.4, 0.5) is 20.2 Å². The van der Waals surface area contributed by atoms with Crippen LogP contribution in [-0.4, -0.2) is 27.2 Å². The molecule has 1 N–H and O–H groups in total. The number of nitrogens with one attached hydrogen (secondary N) is 1. The van der Waals surface area contributed by atoms with Crippen molar-refractivity contribution in [2.24, 2.45) is 0 Å². The van der Waals surface area contributed by atoms with Gasteiger partial charge in [-0.25, -0.2) is 0 Å². The molecule has 0 unspecified atom stereocenters. The predicted molar refractivity (Wildman–Crippen MR) is 100 cm³/mol. The fraction of sp³-hybridized carbons (Fsp3) is 0.111. The maximum absolute atomic E-state index is 12.6. The zero-order valence-corrected chi connectivity index (χ0v) is 15.3. The molecule has 3 rings (SSSR count). The van der Waals surface area contributed by atoms with Gasteiger partial charge in [-0.1, -0.05) is 29.8 Å². The van der Waals surface area contributed by atoms with E-state index in [1.165, 1.54) is 17.1 Å². The van der Waals surface area contributed by atoms with Crippen molar-refractivity contribution in [1.82, 2.24) is 9.78 Å². The van der Waals surface area contributed by atoms with E-state index in [0.29, 0.717) is 11.6 Å². The summed E-state index contributed by atoms with van der Waals surface area (Å²) < 4.78 is 30.9. The fourth-order valence-corrected chi connectivity index (χ4v) is 2.69. The Labute approximate surface area is 167 Å². The van der Waals surface area contributed by atoms with Crippen molar-refractivity contribution < 1.29 is 23.2 Å². The average molecular weight is 423 g/mol. The van der Waals surface area contributed by atoms with Crippen LogP contribution in [0.2, 0.25) is 5.02 Å². The molecule has 0 aliphatic rings. The van der Waals surface area contributed by atoms with E-state index in [0.717, 1.165) is 23.8 Å². The lowest BCUT2D eigenvalue weighted by molar-refractivity contribution is -0.384. The van der Waals surface area contributed by atoms with E-state index in [-0.39, 0.29) is 11.3 Å². The Morgan fingerprint density at radius 2 is 2.07 bits per heavy atom. The number of rotatable bonds is 7. The van der Waals surface area contributed by atoms with Crippen LogP contribution < -0.4 is 10.1 Å². The summed E-state index contributed by atoms with van der Waals surface area (Å²) in [7, 11) is 0. The van der Waals surface area contributed by atoms with Gasteiger partial charge in [-0.05, 0) is 17.7 Å². The van der Waals surface area contributed by atoms with Gasteiger partial charge >= 0.3 is 6.61 Å². The number of ether oxygens (including phenoxy) is 1. The third-order valence-electron chi connectivity index (χ3n) is 3.82. The molecule has 1 amide bonds. The van der Waals surface area contributed by atoms with Crippen LogP contribution >= 0.6 is 11.6 Å². The Hall–Kier alpha value is -3.53. The van der Waals surface area contributed by atoms with E-state index in [1.54, 1.807) is 18.2 Å². The Morgan fingerprint density at radius 3 is 2.76 bits per heavy atom. The van der Waals surface area contributed by atoms with Gasteiger partial charge in [0.25, 0.3) is 11.6 Å². The number of carbonyl (C=O) groups is 1. The van der Waals surface area contributed by atoms with E-state index in [2.05, 4.69) is 15.2 Å². The first-order chi connectivity index (χ1) is 13.8. The third-order valence-corrected chi connectivity index (χ3v) is 4.19. The standard InChI is InChI=1S/C18H13ClF2N4O4/c19-14-4-2-1-3-11(14)9-24-10-12(8-22-24)17(26)23-15-7-13(25(27)28)5-6-16(15)29-18(20)21/h1-8,10,18H,9H2,(H,23,26). The molecule has 11 heteroatoms. The number of nitro groups is 1. The molecule has 0 aliphatic heterocycles. The quantitative estimate of drug-likeness (QED) is 0.451. The van der Waals surface area contributed by atoms with Gasteiger partial charge < -0.3 is 10.1 Å². The van der Waals surface area contributed by atoms with Gasteiger partial charge in [-0.2, -0.15) is 13.9 Å². The summed E-state index contributed by atoms with van der Waals surface area (Å²) in [5.41, 5.74) is 0.252. The zero-order valence-electron chi connectivity index (χ0n) is 14.6. The van der Waals surface area contributed by atoms with E-state index < -0.39 is 28.9 Å². The average Bonchev–Trinajstić information content (AvgIpc) is 3.13. The minimum Gasteiger partial charge on any atom is -0.433 e. The number of aromatic nitrogens is 2. The molecule has 150 valence electrons. The van der Waals surface area contributed by atoms with Gasteiger partial charge in [0, 0.05) is 23.4 Å². The Balaban J connectivity index is 1.80. The van der Waals surface area contributed by atoms with Crippen LogP contribution in [0.1, 0.15) is 15.9 Å². The first-order valence-corrected chi connectivity index (χ1v) is 8.52. The van der Waals surface area contributed by atoms with E-state index in [4.69, 9.17) is 11.6 Å². The van der Waals surface area contributed by atoms with E-state index in [9.17, 15) is 23.7 Å². The number of amides is 1. The van der Waals surface area contributed by atoms with Gasteiger partial charge in [0.15, 0.2) is 0 Å². The monoisotopic (exact) mass is 422 g/mol. The third kappa shape index (κ3) is 5.05. The molecular weight excluding hydrogens is 410 g/mol. The number of anilines is 1. The summed E-state index contributed by atoms with van der Waals surface area (Å²) in [5, 5.41) is 17.9. The van der Waals surface area contributed by atoms with Gasteiger partial charge in [-0.15, -0.1) is 0 Å². The minimum absolute atomic E-state index is 0.117. The SMILES string of the molecule is O=C(Nc1cc([N+](=O)[O-])ccc1OC(F)F)c1cnn(Cc2ccccc2Cl)c1. The molecule has 0 saturated carbocycles. The summed E-state index contributed by atoms with van der Waals surface area (Å²) in [5.74, 6) is -1.10. The zero-order chi connectivity index (χ0) is 21.0. The normalized spacial score (nSPS) is 10.8. The molecule has 2 aromatic carbocycles. The van der Waals surface area contributed by atoms with E-state index >= 15 is 0 Å². The highest BCUT2D eigenvalue weighted by Gasteiger charge is 2.18. The topological polar surface area (TPSA) is 99.3 Å². The van der Waals surface area contributed by atoms with Crippen LogP contribution in [0.15, 0.2) is 54.9 Å². The second-order valence-electron chi connectivity index (χ2n) is 5.79. The summed E-state index contributed by atoms with van der Waals surface area (Å²) >= 11 is 6.10. The van der Waals surface area contributed by atoms with Crippen LogP contribution in [0.25, 0.3) is 0 Å². The smallest absolute Gasteiger partial charge is 0.387 e. The van der Waals surface area contributed by atoms with Crippen LogP contribution in [0.3, 0.4) is 0 Å². The Kier molecular flexibility index (Phi) is 6.03. The largest absolute Gasteiger partial charge is 0.433 e. The Bertz CT molecular complexity index is 1060. The predicted octanol–water partition coefficient (Wildman–Crippen LogP) is 4.35. The molecule has 1 aromatic heterocycles. The van der Waals surface area contributed by atoms with Crippen molar-refractivity contribution in [2.45, 2.75) is 13.2 Å². The summed E-state index contributed by atoms with van der Waals surface area (Å²) in [6.07, 6.45) is 2.71. The maximum atomic E-state index is 12.6. The van der Waals surface area contributed by atoms with E-state index in [1.807, 2.05) is 6.07 Å². The summed E-state index contributed by atoms with van der Waals surface area (Å²) in [6.45, 7) is -2.85. The molecule has 0 atom stereocenters. The molecule has 8 nitrogen and oxygen atoms in total. The number of carbonyl (C=O) groups excluding carboxylic acids is 1. The number of non-ortho nitro benzene ring substituents is 1. The number of nitrogens with zero attached hydrogens (tertiary/aromatic N) is 3. The summed E-state index contributed by atoms with van der Waals surface area (Å²) in [6, 6.07) is 10.0. The fourth-order valence-electron chi connectivity index (χ4n) is 2.49. The molecule has 3 aromatic rings. The van der Waals surface area contributed by atoms with Gasteiger partial charge in [0.2, 0.25) is 0 Å². The number of halogens is 3. The molecular formula is C18H13ClF2N4O4. The molecule has 0 saturated heterocycles. The lowest BCUT2D eigenvalue weighted by Crippen LogP contribution is -2.14. The number of benzene rings is 2. The molecule has 1 heterocycles. The molecule has 0 radical (unpaired) electrons. The minimum atomic E-state index is -3.16. The number of alkyl halides is 2. The highest BCUT2D eigenvalue weighted by molar-refractivity contribution is 6.31. The first kappa shape index (κ1) is 20.2. The number of hydrogen-bond acceptors (Lipinski definition) is 5. The van der Waals surface area contributed by atoms with Crippen molar-refractivity contribution in [3.8, 4) is 5.75 Å². The molecule has 0 fully saturated rings. The van der Waals surface area contributed by atoms with Crippen LogP contribution in [0.5, 0.6) is 5.75 Å². The van der Waals surface area contributed by atoms with Crippen molar-refractivity contribution >= 4 is 28.9 Å². The highest BCUT2D eigenvalue weighted by Crippen LogP contribution is 2.30. The van der Waals surface area contributed by atoms with Crippen LogP contribution in [-0.2, 0) is 6.54 Å². The molecule has 0 spiro atoms. The van der Waals surface area contributed by atoms with Crippen molar-refractivity contribution in [2.75, 3.05) is 5.32 Å². The first-order valence-electron chi connectivity index (χ1n) is 8.14. The highest BCUT2D eigenvalue weighted by atomic mass is 35.5. The number of nitro benzene ring substituents is 1. The van der Waals surface area contributed by atoms with Crippen molar-refractivity contribution in [3.63, 3.8) is 0 Å². The summed E-state index contributed by atoms with van der Waals surface area (Å²) in [4.78, 5) is 22.7.